The number of para-hydroxylation sites is 1. The van der Waals surface area contributed by atoms with Crippen LogP contribution in [0.5, 0.6) is 0 Å². The summed E-state index contributed by atoms with van der Waals surface area (Å²) >= 11 is 0. The molecule has 0 spiro atoms. The number of carbonyl (C=O) groups excluding carboxylic acids is 3. The molecule has 2 aromatic rings. The highest BCUT2D eigenvalue weighted by atomic mass is 32.2. The molecule has 0 unspecified atom stereocenters. The third-order valence-electron chi connectivity index (χ3n) is 6.01. The summed E-state index contributed by atoms with van der Waals surface area (Å²) < 4.78 is 27.3. The molecule has 1 aliphatic carbocycles. The van der Waals surface area contributed by atoms with Gasteiger partial charge in [0.2, 0.25) is 17.7 Å². The molecule has 0 bridgehead atoms. The molecule has 188 valence electrons. The largest absolute Gasteiger partial charge is 0.352 e. The Hall–Kier alpha value is -3.07. The average molecular weight is 502 g/mol. The van der Waals surface area contributed by atoms with Crippen molar-refractivity contribution in [3.05, 3.63) is 59.9 Å². The highest BCUT2D eigenvalue weighted by molar-refractivity contribution is 7.86. The second-order valence-electron chi connectivity index (χ2n) is 8.88. The molecular formula is C26H32FN3O4S. The molecule has 35 heavy (non-hydrogen) atoms. The average Bonchev–Trinajstić information content (AvgIpc) is 2.82. The molecule has 2 atom stereocenters. The summed E-state index contributed by atoms with van der Waals surface area (Å²) in [6.45, 7) is 3.44. The normalized spacial score (nSPS) is 15.6. The van der Waals surface area contributed by atoms with Crippen molar-refractivity contribution in [3.63, 3.8) is 0 Å². The Bertz CT molecular complexity index is 1070. The van der Waals surface area contributed by atoms with Crippen LogP contribution in [0.3, 0.4) is 0 Å². The Balaban J connectivity index is 1.68. The van der Waals surface area contributed by atoms with E-state index >= 15 is 0 Å². The van der Waals surface area contributed by atoms with Crippen LogP contribution in [0.1, 0.15) is 44.6 Å². The molecule has 3 amide bonds. The van der Waals surface area contributed by atoms with Crippen molar-refractivity contribution >= 4 is 39.9 Å². The number of nitrogens with one attached hydrogen (secondary N) is 2. The van der Waals surface area contributed by atoms with Crippen molar-refractivity contribution in [2.45, 2.75) is 58.0 Å². The third-order valence-corrected chi connectivity index (χ3v) is 7.16. The van der Waals surface area contributed by atoms with Crippen LogP contribution in [0.2, 0.25) is 0 Å². The van der Waals surface area contributed by atoms with Gasteiger partial charge in [0, 0.05) is 22.5 Å². The van der Waals surface area contributed by atoms with Gasteiger partial charge in [-0.15, -0.1) is 0 Å². The summed E-state index contributed by atoms with van der Waals surface area (Å²) in [5, 5.41) is 5.61. The first-order chi connectivity index (χ1) is 16.7. The van der Waals surface area contributed by atoms with E-state index in [4.69, 9.17) is 0 Å². The monoisotopic (exact) mass is 501 g/mol. The molecule has 1 aliphatic rings. The zero-order chi connectivity index (χ0) is 25.4. The number of hydrogen-bond acceptors (Lipinski definition) is 4. The summed E-state index contributed by atoms with van der Waals surface area (Å²) in [4.78, 5) is 39.5. The van der Waals surface area contributed by atoms with Gasteiger partial charge in [-0.05, 0) is 51.0 Å². The number of amides is 3. The first-order valence-electron chi connectivity index (χ1n) is 11.8. The van der Waals surface area contributed by atoms with Gasteiger partial charge in [0.05, 0.1) is 5.69 Å². The quantitative estimate of drug-likeness (QED) is 0.548. The van der Waals surface area contributed by atoms with E-state index in [1.165, 1.54) is 25.1 Å². The van der Waals surface area contributed by atoms with E-state index in [0.29, 0.717) is 5.69 Å². The summed E-state index contributed by atoms with van der Waals surface area (Å²) in [6, 6.07) is 11.8. The number of hydrogen-bond donors (Lipinski definition) is 2. The molecule has 0 heterocycles. The topological polar surface area (TPSA) is 95.6 Å². The van der Waals surface area contributed by atoms with Gasteiger partial charge in [0.1, 0.15) is 23.4 Å². The van der Waals surface area contributed by atoms with Crippen LogP contribution in [-0.2, 0) is 25.2 Å². The van der Waals surface area contributed by atoms with Crippen molar-refractivity contribution in [3.8, 4) is 0 Å². The number of aryl methyl sites for hydroxylation is 1. The van der Waals surface area contributed by atoms with Crippen LogP contribution in [0.15, 0.2) is 48.5 Å². The second-order valence-corrected chi connectivity index (χ2v) is 10.3. The summed E-state index contributed by atoms with van der Waals surface area (Å²) in [6.07, 6.45) is 4.92. The minimum absolute atomic E-state index is 0.0240. The maximum absolute atomic E-state index is 14.6. The van der Waals surface area contributed by atoms with Gasteiger partial charge in [0.15, 0.2) is 0 Å². The summed E-state index contributed by atoms with van der Waals surface area (Å²) in [7, 11) is -1.85. The van der Waals surface area contributed by atoms with E-state index in [1.54, 1.807) is 18.2 Å². The standard InChI is InChI=1S/C26H32FN3O4S/c1-18-12-14-21(15-13-18)28-24(31)16-35(34)17-25(32)30(23-11-7-6-10-22(23)27)19(2)26(33)29-20-8-4-3-5-9-20/h6-7,10-15,19-20H,3-5,8-9,16-17H2,1-2H3,(H,28,31)(H,29,33)/t19-,35+/m1/s1. The van der Waals surface area contributed by atoms with Crippen molar-refractivity contribution in [2.75, 3.05) is 21.7 Å². The highest BCUT2D eigenvalue weighted by Gasteiger charge is 2.31. The van der Waals surface area contributed by atoms with Gasteiger partial charge in [-0.3, -0.25) is 23.5 Å². The Kier molecular flexibility index (Phi) is 9.54. The molecule has 2 aromatic carbocycles. The Morgan fingerprint density at radius 3 is 2.34 bits per heavy atom. The number of halogens is 1. The molecule has 2 N–H and O–H groups in total. The molecule has 3 rings (SSSR count). The number of rotatable bonds is 9. The molecular weight excluding hydrogens is 469 g/mol. The van der Waals surface area contributed by atoms with Crippen LogP contribution in [0.25, 0.3) is 0 Å². The lowest BCUT2D eigenvalue weighted by Gasteiger charge is -2.31. The highest BCUT2D eigenvalue weighted by Crippen LogP contribution is 2.23. The molecule has 1 fully saturated rings. The summed E-state index contributed by atoms with van der Waals surface area (Å²) in [5.74, 6) is -3.16. The van der Waals surface area contributed by atoms with Crippen molar-refractivity contribution in [1.82, 2.24) is 5.32 Å². The predicted octanol–water partition coefficient (Wildman–Crippen LogP) is 3.69. The fourth-order valence-electron chi connectivity index (χ4n) is 4.13. The number of nitrogens with zero attached hydrogens (tertiary/aromatic N) is 1. The smallest absolute Gasteiger partial charge is 0.243 e. The molecule has 9 heteroatoms. The lowest BCUT2D eigenvalue weighted by atomic mass is 9.95. The summed E-state index contributed by atoms with van der Waals surface area (Å²) in [5.41, 5.74) is 1.53. The van der Waals surface area contributed by atoms with Gasteiger partial charge in [-0.2, -0.15) is 0 Å². The lowest BCUT2D eigenvalue weighted by Crippen LogP contribution is -2.52. The SMILES string of the molecule is Cc1ccc(NC(=O)C[S@](=O)CC(=O)N(c2ccccc2F)[C@H](C)C(=O)NC2CCCCC2)cc1. The minimum atomic E-state index is -1.85. The van der Waals surface area contributed by atoms with Gasteiger partial charge >= 0.3 is 0 Å². The van der Waals surface area contributed by atoms with E-state index in [2.05, 4.69) is 10.6 Å². The lowest BCUT2D eigenvalue weighted by molar-refractivity contribution is -0.126. The fourth-order valence-corrected chi connectivity index (χ4v) is 5.01. The Labute approximate surface area is 207 Å². The zero-order valence-electron chi connectivity index (χ0n) is 20.1. The van der Waals surface area contributed by atoms with Crippen molar-refractivity contribution in [1.29, 1.82) is 0 Å². The van der Waals surface area contributed by atoms with Crippen LogP contribution in [0.4, 0.5) is 15.8 Å². The van der Waals surface area contributed by atoms with E-state index in [0.717, 1.165) is 42.6 Å². The Morgan fingerprint density at radius 1 is 1.03 bits per heavy atom. The Morgan fingerprint density at radius 2 is 1.69 bits per heavy atom. The molecule has 0 aliphatic heterocycles. The van der Waals surface area contributed by atoms with Gasteiger partial charge < -0.3 is 10.6 Å². The number of benzene rings is 2. The molecule has 1 saturated carbocycles. The van der Waals surface area contributed by atoms with Crippen molar-refractivity contribution in [2.24, 2.45) is 0 Å². The number of carbonyl (C=O) groups is 3. The first kappa shape index (κ1) is 26.5. The molecule has 7 nitrogen and oxygen atoms in total. The predicted molar refractivity (Wildman–Crippen MR) is 136 cm³/mol. The van der Waals surface area contributed by atoms with Crippen LogP contribution < -0.4 is 15.5 Å². The van der Waals surface area contributed by atoms with Crippen LogP contribution >= 0.6 is 0 Å². The van der Waals surface area contributed by atoms with Gasteiger partial charge in [-0.1, -0.05) is 49.1 Å². The van der Waals surface area contributed by atoms with Gasteiger partial charge in [0.25, 0.3) is 0 Å². The third kappa shape index (κ3) is 7.71. The molecule has 0 saturated heterocycles. The van der Waals surface area contributed by atoms with Gasteiger partial charge in [-0.25, -0.2) is 4.39 Å². The number of anilines is 2. The maximum Gasteiger partial charge on any atom is 0.243 e. The van der Waals surface area contributed by atoms with Crippen molar-refractivity contribution < 1.29 is 23.0 Å². The van der Waals surface area contributed by atoms with Crippen LogP contribution in [0, 0.1) is 12.7 Å². The molecule has 0 radical (unpaired) electrons. The van der Waals surface area contributed by atoms with Crippen LogP contribution in [-0.4, -0.2) is 45.5 Å². The maximum atomic E-state index is 14.6. The van der Waals surface area contributed by atoms with E-state index in [1.807, 2.05) is 19.1 Å². The zero-order valence-corrected chi connectivity index (χ0v) is 20.9. The molecule has 0 aromatic heterocycles. The second kappa shape index (κ2) is 12.6. The fraction of sp³-hybridized carbons (Fsp3) is 0.423. The van der Waals surface area contributed by atoms with E-state index < -0.39 is 51.9 Å². The first-order valence-corrected chi connectivity index (χ1v) is 13.3. The minimum Gasteiger partial charge on any atom is -0.352 e. The van der Waals surface area contributed by atoms with E-state index in [9.17, 15) is 23.0 Å². The van der Waals surface area contributed by atoms with E-state index in [-0.39, 0.29) is 11.7 Å².